The van der Waals surface area contributed by atoms with Gasteiger partial charge in [0.2, 0.25) is 0 Å². The van der Waals surface area contributed by atoms with Gasteiger partial charge in [-0.3, -0.25) is 29.0 Å². The lowest BCUT2D eigenvalue weighted by Crippen LogP contribution is -2.50. The standard InChI is InChI=1S/C31H30N4O4/c36-28-22-10-1-6-20-7-2-11-23(26(20)22)29(37)34(28)18-16-32-14-5-15-33-17-19-35-30(38)24-12-3-8-21-9-4-13-25(27(21)24)31(35)39/h1-4,6-13,20,26,32-33H,5,14-19H2. The maximum atomic E-state index is 13.0. The van der Waals surface area contributed by atoms with E-state index in [0.717, 1.165) is 17.2 Å². The quantitative estimate of drug-likeness (QED) is 0.368. The summed E-state index contributed by atoms with van der Waals surface area (Å²) >= 11 is 0. The molecule has 0 atom stereocenters. The molecule has 2 aromatic rings. The minimum atomic E-state index is -0.253. The summed E-state index contributed by atoms with van der Waals surface area (Å²) in [6.07, 6.45) is 12.4. The van der Waals surface area contributed by atoms with Crippen molar-refractivity contribution in [2.24, 2.45) is 11.8 Å². The topological polar surface area (TPSA) is 98.8 Å². The fraction of sp³-hybridized carbons (Fsp3) is 0.290. The van der Waals surface area contributed by atoms with E-state index >= 15 is 0 Å². The first-order valence-electron chi connectivity index (χ1n) is 13.5. The zero-order valence-electron chi connectivity index (χ0n) is 21.6. The summed E-state index contributed by atoms with van der Waals surface area (Å²) < 4.78 is 0. The summed E-state index contributed by atoms with van der Waals surface area (Å²) in [4.78, 5) is 54.6. The Labute approximate surface area is 226 Å². The van der Waals surface area contributed by atoms with Crippen LogP contribution in [-0.4, -0.2) is 72.7 Å². The third kappa shape index (κ3) is 4.45. The molecule has 1 saturated heterocycles. The number of rotatable bonds is 10. The van der Waals surface area contributed by atoms with E-state index in [0.29, 0.717) is 61.5 Å². The molecule has 0 saturated carbocycles. The Morgan fingerprint density at radius 2 is 1.15 bits per heavy atom. The average Bonchev–Trinajstić information content (AvgIpc) is 2.96. The highest BCUT2D eigenvalue weighted by molar-refractivity contribution is 6.25. The number of likely N-dealkylation sites (tertiary alicyclic amines) is 1. The molecule has 2 N–H and O–H groups in total. The third-order valence-corrected chi connectivity index (χ3v) is 7.84. The second-order valence-corrected chi connectivity index (χ2v) is 10.2. The van der Waals surface area contributed by atoms with Crippen molar-refractivity contribution >= 4 is 34.4 Å². The molecule has 198 valence electrons. The van der Waals surface area contributed by atoms with Crippen molar-refractivity contribution in [2.45, 2.75) is 6.42 Å². The van der Waals surface area contributed by atoms with Crippen LogP contribution in [0.25, 0.3) is 10.8 Å². The fourth-order valence-corrected chi connectivity index (χ4v) is 5.92. The van der Waals surface area contributed by atoms with E-state index in [1.165, 1.54) is 9.80 Å². The van der Waals surface area contributed by atoms with Gasteiger partial charge in [0, 0.05) is 65.7 Å². The second kappa shape index (κ2) is 10.6. The van der Waals surface area contributed by atoms with Crippen molar-refractivity contribution in [3.05, 3.63) is 95.1 Å². The summed E-state index contributed by atoms with van der Waals surface area (Å²) in [6, 6.07) is 11.1. The van der Waals surface area contributed by atoms with Crippen molar-refractivity contribution in [1.29, 1.82) is 0 Å². The predicted molar refractivity (Wildman–Crippen MR) is 148 cm³/mol. The van der Waals surface area contributed by atoms with E-state index in [9.17, 15) is 19.2 Å². The highest BCUT2D eigenvalue weighted by Crippen LogP contribution is 2.41. The maximum absolute atomic E-state index is 13.0. The largest absolute Gasteiger partial charge is 0.315 e. The lowest BCUT2D eigenvalue weighted by Gasteiger charge is -2.39. The Bertz CT molecular complexity index is 1410. The number of nitrogens with one attached hydrogen (secondary N) is 2. The molecule has 2 aromatic carbocycles. The summed E-state index contributed by atoms with van der Waals surface area (Å²) in [5.74, 6) is -0.990. The molecule has 0 spiro atoms. The van der Waals surface area contributed by atoms with Crippen molar-refractivity contribution in [1.82, 2.24) is 20.4 Å². The van der Waals surface area contributed by atoms with Gasteiger partial charge in [0.25, 0.3) is 23.6 Å². The monoisotopic (exact) mass is 522 g/mol. The Kier molecular flexibility index (Phi) is 6.81. The second-order valence-electron chi connectivity index (χ2n) is 10.2. The lowest BCUT2D eigenvalue weighted by molar-refractivity contribution is -0.142. The zero-order valence-corrected chi connectivity index (χ0v) is 21.6. The number of benzene rings is 2. The molecule has 1 fully saturated rings. The minimum absolute atomic E-state index is 0.0713. The Hall–Kier alpha value is -4.14. The van der Waals surface area contributed by atoms with E-state index in [1.54, 1.807) is 12.1 Å². The van der Waals surface area contributed by atoms with Gasteiger partial charge < -0.3 is 10.6 Å². The van der Waals surface area contributed by atoms with Gasteiger partial charge in [-0.1, -0.05) is 60.7 Å². The van der Waals surface area contributed by atoms with E-state index in [1.807, 2.05) is 60.7 Å². The van der Waals surface area contributed by atoms with E-state index in [4.69, 9.17) is 0 Å². The van der Waals surface area contributed by atoms with Crippen LogP contribution in [0.2, 0.25) is 0 Å². The van der Waals surface area contributed by atoms with E-state index < -0.39 is 0 Å². The van der Waals surface area contributed by atoms with Gasteiger partial charge in [0.15, 0.2) is 0 Å². The van der Waals surface area contributed by atoms with Crippen LogP contribution in [0.5, 0.6) is 0 Å². The molecule has 2 aliphatic heterocycles. The van der Waals surface area contributed by atoms with Crippen molar-refractivity contribution in [3.63, 3.8) is 0 Å². The van der Waals surface area contributed by atoms with Crippen LogP contribution < -0.4 is 10.6 Å². The number of hydrogen-bond acceptors (Lipinski definition) is 6. The Balaban J connectivity index is 0.928. The van der Waals surface area contributed by atoms with Gasteiger partial charge in [-0.05, 0) is 37.0 Å². The summed E-state index contributed by atoms with van der Waals surface area (Å²) in [6.45, 7) is 3.05. The molecule has 4 amide bonds. The highest BCUT2D eigenvalue weighted by Gasteiger charge is 2.44. The molecule has 0 unspecified atom stereocenters. The lowest BCUT2D eigenvalue weighted by atomic mass is 9.72. The molecule has 2 heterocycles. The molecule has 6 rings (SSSR count). The van der Waals surface area contributed by atoms with E-state index in [-0.39, 0.29) is 35.5 Å². The third-order valence-electron chi connectivity index (χ3n) is 7.84. The van der Waals surface area contributed by atoms with Gasteiger partial charge in [0.05, 0.1) is 0 Å². The maximum Gasteiger partial charge on any atom is 0.261 e. The van der Waals surface area contributed by atoms with Crippen LogP contribution in [0.15, 0.2) is 84.0 Å². The molecule has 4 aliphatic rings. The number of nitrogens with zero attached hydrogens (tertiary/aromatic N) is 2. The fourth-order valence-electron chi connectivity index (χ4n) is 5.92. The van der Waals surface area contributed by atoms with Crippen molar-refractivity contribution in [2.75, 3.05) is 39.3 Å². The molecule has 0 bridgehead atoms. The normalized spacial score (nSPS) is 21.4. The summed E-state index contributed by atoms with van der Waals surface area (Å²) in [7, 11) is 0. The number of hydrogen-bond donors (Lipinski definition) is 2. The van der Waals surface area contributed by atoms with Crippen LogP contribution in [-0.2, 0) is 9.59 Å². The number of allylic oxidation sites excluding steroid dienone is 6. The molecular formula is C31H30N4O4. The van der Waals surface area contributed by atoms with Gasteiger partial charge in [-0.25, -0.2) is 0 Å². The molecular weight excluding hydrogens is 492 g/mol. The average molecular weight is 523 g/mol. The summed E-state index contributed by atoms with van der Waals surface area (Å²) in [5, 5.41) is 8.24. The van der Waals surface area contributed by atoms with Crippen LogP contribution in [0.4, 0.5) is 0 Å². The molecule has 39 heavy (non-hydrogen) atoms. The zero-order chi connectivity index (χ0) is 26.9. The molecule has 0 aromatic heterocycles. The SMILES string of the molecule is O=C1C2=CC=CC3C=CC=C(C(=O)N1CCNCCCNCCN1C(=O)c4cccc5cccc(c45)C1=O)C23. The molecule has 8 nitrogen and oxygen atoms in total. The van der Waals surface area contributed by atoms with Gasteiger partial charge >= 0.3 is 0 Å². The Morgan fingerprint density at radius 3 is 1.69 bits per heavy atom. The molecule has 2 aliphatic carbocycles. The molecule has 0 radical (unpaired) electrons. The van der Waals surface area contributed by atoms with Gasteiger partial charge in [0.1, 0.15) is 0 Å². The van der Waals surface area contributed by atoms with E-state index in [2.05, 4.69) is 10.6 Å². The van der Waals surface area contributed by atoms with Crippen LogP contribution >= 0.6 is 0 Å². The minimum Gasteiger partial charge on any atom is -0.315 e. The van der Waals surface area contributed by atoms with Gasteiger partial charge in [-0.2, -0.15) is 0 Å². The predicted octanol–water partition coefficient (Wildman–Crippen LogP) is 2.60. The number of carbonyl (C=O) groups excluding carboxylic acids is 4. The summed E-state index contributed by atoms with van der Waals surface area (Å²) in [5.41, 5.74) is 2.52. The Morgan fingerprint density at radius 1 is 0.641 bits per heavy atom. The number of piperidine rings is 1. The van der Waals surface area contributed by atoms with Crippen LogP contribution in [0.1, 0.15) is 27.1 Å². The van der Waals surface area contributed by atoms with Gasteiger partial charge in [-0.15, -0.1) is 0 Å². The smallest absolute Gasteiger partial charge is 0.261 e. The first kappa shape index (κ1) is 25.2. The van der Waals surface area contributed by atoms with Crippen molar-refractivity contribution in [3.8, 4) is 0 Å². The van der Waals surface area contributed by atoms with Crippen LogP contribution in [0.3, 0.4) is 0 Å². The number of imide groups is 2. The first-order valence-corrected chi connectivity index (χ1v) is 13.5. The highest BCUT2D eigenvalue weighted by atomic mass is 16.2. The van der Waals surface area contributed by atoms with Crippen molar-refractivity contribution < 1.29 is 19.2 Å². The molecule has 8 heteroatoms. The van der Waals surface area contributed by atoms with Crippen LogP contribution in [0, 0.1) is 11.8 Å². The number of amides is 4. The number of carbonyl (C=O) groups is 4. The first-order chi connectivity index (χ1) is 19.1.